The molecule has 0 bridgehead atoms. The van der Waals surface area contributed by atoms with Crippen LogP contribution in [-0.2, 0) is 0 Å². The number of hydrogen-bond donors (Lipinski definition) is 1. The quantitative estimate of drug-likeness (QED) is 0.526. The molecule has 9 nitrogen and oxygen atoms in total. The first-order chi connectivity index (χ1) is 14.5. The molecule has 150 valence electrons. The summed E-state index contributed by atoms with van der Waals surface area (Å²) in [6.07, 6.45) is 3.10. The number of hydrogen-bond acceptors (Lipinski definition) is 7. The Labute approximate surface area is 176 Å². The lowest BCUT2D eigenvalue weighted by atomic mass is 10.1. The Morgan fingerprint density at radius 2 is 2.07 bits per heavy atom. The zero-order valence-electron chi connectivity index (χ0n) is 16.1. The van der Waals surface area contributed by atoms with Crippen molar-refractivity contribution < 1.29 is 9.53 Å². The second-order valence-electron chi connectivity index (χ2n) is 6.31. The first-order valence-corrected chi connectivity index (χ1v) is 9.25. The zero-order chi connectivity index (χ0) is 21.1. The molecule has 2 heterocycles. The fourth-order valence-corrected chi connectivity index (χ4v) is 3.11. The highest BCUT2D eigenvalue weighted by atomic mass is 35.5. The summed E-state index contributed by atoms with van der Waals surface area (Å²) in [5.41, 5.74) is 3.00. The number of nitrogens with one attached hydrogen (secondary N) is 1. The minimum Gasteiger partial charge on any atom is -0.496 e. The van der Waals surface area contributed by atoms with E-state index in [9.17, 15) is 4.79 Å². The van der Waals surface area contributed by atoms with Crippen LogP contribution in [0.15, 0.2) is 55.0 Å². The molecule has 1 N–H and O–H groups in total. The van der Waals surface area contributed by atoms with Crippen LogP contribution in [0.25, 0.3) is 17.1 Å². The number of methoxy groups -OCH3 is 1. The minimum absolute atomic E-state index is 0.275. The van der Waals surface area contributed by atoms with Crippen LogP contribution in [0.5, 0.6) is 5.75 Å². The van der Waals surface area contributed by atoms with Gasteiger partial charge >= 0.3 is 0 Å². The van der Waals surface area contributed by atoms with Gasteiger partial charge in [-0.3, -0.25) is 4.79 Å². The monoisotopic (exact) mass is 421 g/mol. The van der Waals surface area contributed by atoms with Gasteiger partial charge in [-0.05, 0) is 41.6 Å². The Morgan fingerprint density at radius 1 is 1.20 bits per heavy atom. The summed E-state index contributed by atoms with van der Waals surface area (Å²) in [5.74, 6) is 0.539. The van der Waals surface area contributed by atoms with Crippen LogP contribution in [0.2, 0.25) is 5.02 Å². The molecule has 0 radical (unpaired) electrons. The second kappa shape index (κ2) is 8.26. The summed E-state index contributed by atoms with van der Waals surface area (Å²) in [6, 6.07) is 12.2. The van der Waals surface area contributed by atoms with Gasteiger partial charge in [0, 0.05) is 29.2 Å². The topological polar surface area (TPSA) is 108 Å². The smallest absolute Gasteiger partial charge is 0.259 e. The molecule has 0 saturated heterocycles. The van der Waals surface area contributed by atoms with Gasteiger partial charge in [-0.1, -0.05) is 23.7 Å². The molecule has 0 aliphatic heterocycles. The number of carbonyl (C=O) groups is 1. The van der Waals surface area contributed by atoms with E-state index in [1.807, 2.05) is 25.1 Å². The van der Waals surface area contributed by atoms with Crippen molar-refractivity contribution >= 4 is 23.2 Å². The lowest BCUT2D eigenvalue weighted by molar-refractivity contribution is 0.102. The third-order valence-electron chi connectivity index (χ3n) is 4.28. The van der Waals surface area contributed by atoms with Crippen LogP contribution in [0.3, 0.4) is 0 Å². The van der Waals surface area contributed by atoms with E-state index in [-0.39, 0.29) is 11.5 Å². The van der Waals surface area contributed by atoms with Gasteiger partial charge in [-0.15, -0.1) is 5.10 Å². The number of ether oxygens (including phenoxy) is 1. The van der Waals surface area contributed by atoms with Crippen molar-refractivity contribution in [1.29, 1.82) is 0 Å². The number of halogens is 1. The molecule has 2 aromatic carbocycles. The van der Waals surface area contributed by atoms with Gasteiger partial charge in [-0.25, -0.2) is 9.97 Å². The summed E-state index contributed by atoms with van der Waals surface area (Å²) in [7, 11) is 1.47. The van der Waals surface area contributed by atoms with Gasteiger partial charge in [0.25, 0.3) is 5.91 Å². The van der Waals surface area contributed by atoms with Gasteiger partial charge in [-0.2, -0.15) is 4.68 Å². The Hall–Kier alpha value is -3.85. The van der Waals surface area contributed by atoms with E-state index in [1.54, 1.807) is 24.4 Å². The maximum atomic E-state index is 12.9. The van der Waals surface area contributed by atoms with Crippen molar-refractivity contribution in [2.45, 2.75) is 6.92 Å². The Kier molecular flexibility index (Phi) is 5.36. The van der Waals surface area contributed by atoms with Gasteiger partial charge in [0.2, 0.25) is 0 Å². The molecule has 0 aliphatic carbocycles. The third-order valence-corrected chi connectivity index (χ3v) is 4.59. The molecule has 30 heavy (non-hydrogen) atoms. The maximum absolute atomic E-state index is 12.9. The highest BCUT2D eigenvalue weighted by molar-refractivity contribution is 6.33. The van der Waals surface area contributed by atoms with Crippen molar-refractivity contribution in [2.24, 2.45) is 0 Å². The largest absolute Gasteiger partial charge is 0.496 e. The standard InChI is InChI=1S/C20H16ClN7O2/c1-12-6-7-22-19(24-12)13-4-3-5-14(8-13)25-20(29)15-9-16(21)17(10-18(15)30-2)28-11-23-26-27-28/h3-11H,1-2H3,(H,25,29). The fourth-order valence-electron chi connectivity index (χ4n) is 2.86. The maximum Gasteiger partial charge on any atom is 0.259 e. The Bertz CT molecular complexity index is 1210. The molecule has 4 aromatic rings. The van der Waals surface area contributed by atoms with Gasteiger partial charge in [0.05, 0.1) is 23.4 Å². The molecular weight excluding hydrogens is 406 g/mol. The summed E-state index contributed by atoms with van der Waals surface area (Å²) in [6.45, 7) is 1.89. The molecule has 0 fully saturated rings. The van der Waals surface area contributed by atoms with Crippen LogP contribution in [0.4, 0.5) is 5.69 Å². The molecule has 0 atom stereocenters. The van der Waals surface area contributed by atoms with Crippen molar-refractivity contribution in [3.05, 3.63) is 71.3 Å². The molecule has 1 amide bonds. The number of aryl methyl sites for hydroxylation is 1. The first-order valence-electron chi connectivity index (χ1n) is 8.87. The van der Waals surface area contributed by atoms with E-state index in [2.05, 4.69) is 30.8 Å². The van der Waals surface area contributed by atoms with E-state index in [0.29, 0.717) is 28.0 Å². The van der Waals surface area contributed by atoms with Crippen LogP contribution in [-0.4, -0.2) is 43.2 Å². The van der Waals surface area contributed by atoms with Crippen LogP contribution in [0.1, 0.15) is 16.1 Å². The van der Waals surface area contributed by atoms with Crippen molar-refractivity contribution in [3.63, 3.8) is 0 Å². The zero-order valence-corrected chi connectivity index (χ0v) is 16.8. The second-order valence-corrected chi connectivity index (χ2v) is 6.72. The van der Waals surface area contributed by atoms with E-state index >= 15 is 0 Å². The molecule has 0 unspecified atom stereocenters. The van der Waals surface area contributed by atoms with Crippen LogP contribution < -0.4 is 10.1 Å². The average Bonchev–Trinajstić information content (AvgIpc) is 3.28. The number of anilines is 1. The van der Waals surface area contributed by atoms with Gasteiger partial charge in [0.15, 0.2) is 5.82 Å². The summed E-state index contributed by atoms with van der Waals surface area (Å²) in [5, 5.41) is 14.2. The van der Waals surface area contributed by atoms with Crippen molar-refractivity contribution in [3.8, 4) is 22.8 Å². The lowest BCUT2D eigenvalue weighted by Gasteiger charge is -2.13. The minimum atomic E-state index is -0.376. The summed E-state index contributed by atoms with van der Waals surface area (Å²) in [4.78, 5) is 21.6. The number of tetrazole rings is 1. The summed E-state index contributed by atoms with van der Waals surface area (Å²) >= 11 is 6.35. The normalized spacial score (nSPS) is 10.6. The van der Waals surface area contributed by atoms with Crippen LogP contribution in [0, 0.1) is 6.92 Å². The lowest BCUT2D eigenvalue weighted by Crippen LogP contribution is -2.14. The molecule has 0 spiro atoms. The van der Waals surface area contributed by atoms with E-state index in [4.69, 9.17) is 16.3 Å². The number of amides is 1. The fraction of sp³-hybridized carbons (Fsp3) is 0.100. The highest BCUT2D eigenvalue weighted by Gasteiger charge is 2.18. The molecule has 0 aliphatic rings. The number of benzene rings is 2. The molecular formula is C20H16ClN7O2. The SMILES string of the molecule is COc1cc(-n2cnnn2)c(Cl)cc1C(=O)Nc1cccc(-c2nccc(C)n2)c1. The van der Waals surface area contributed by atoms with Gasteiger partial charge in [0.1, 0.15) is 12.1 Å². The van der Waals surface area contributed by atoms with E-state index < -0.39 is 0 Å². The average molecular weight is 422 g/mol. The molecule has 4 rings (SSSR count). The highest BCUT2D eigenvalue weighted by Crippen LogP contribution is 2.30. The van der Waals surface area contributed by atoms with Crippen molar-refractivity contribution in [2.75, 3.05) is 12.4 Å². The van der Waals surface area contributed by atoms with Crippen molar-refractivity contribution in [1.82, 2.24) is 30.2 Å². The van der Waals surface area contributed by atoms with E-state index in [1.165, 1.54) is 24.2 Å². The third kappa shape index (κ3) is 3.96. The predicted molar refractivity (Wildman–Crippen MR) is 111 cm³/mol. The number of aromatic nitrogens is 6. The first kappa shape index (κ1) is 19.5. The number of nitrogens with zero attached hydrogens (tertiary/aromatic N) is 6. The van der Waals surface area contributed by atoms with Gasteiger partial charge < -0.3 is 10.1 Å². The molecule has 2 aromatic heterocycles. The number of carbonyl (C=O) groups excluding carboxylic acids is 1. The summed E-state index contributed by atoms with van der Waals surface area (Å²) < 4.78 is 6.77. The predicted octanol–water partition coefficient (Wildman–Crippen LogP) is 3.34. The number of rotatable bonds is 5. The Morgan fingerprint density at radius 3 is 2.80 bits per heavy atom. The molecule has 0 saturated carbocycles. The Balaban J connectivity index is 1.63. The van der Waals surface area contributed by atoms with E-state index in [0.717, 1.165) is 11.3 Å². The van der Waals surface area contributed by atoms with Crippen LogP contribution >= 0.6 is 11.6 Å². The molecule has 10 heteroatoms.